The Kier molecular flexibility index (Phi) is 3.77. The molecule has 0 aliphatic rings. The molecule has 8 heteroatoms. The van der Waals surface area contributed by atoms with Gasteiger partial charge in [0.2, 0.25) is 0 Å². The summed E-state index contributed by atoms with van der Waals surface area (Å²) in [6.45, 7) is 1.94. The Morgan fingerprint density at radius 2 is 1.92 bits per heavy atom. The van der Waals surface area contributed by atoms with Crippen LogP contribution < -0.4 is 11.2 Å². The molecular formula is C18H13BrN4O3. The van der Waals surface area contributed by atoms with Crippen LogP contribution in [0.5, 0.6) is 5.75 Å². The number of hydrogen-bond acceptors (Lipinski definition) is 4. The predicted molar refractivity (Wildman–Crippen MR) is 104 cm³/mol. The highest BCUT2D eigenvalue weighted by atomic mass is 79.9. The van der Waals surface area contributed by atoms with Gasteiger partial charge in [0.15, 0.2) is 0 Å². The van der Waals surface area contributed by atoms with E-state index in [2.05, 4.69) is 31.0 Å². The summed E-state index contributed by atoms with van der Waals surface area (Å²) in [5.74, 6) is -0.0106. The molecule has 130 valence electrons. The molecule has 2 heterocycles. The first-order valence-corrected chi connectivity index (χ1v) is 8.53. The van der Waals surface area contributed by atoms with E-state index < -0.39 is 11.2 Å². The third-order valence-electron chi connectivity index (χ3n) is 4.09. The average Bonchev–Trinajstić information content (AvgIpc) is 2.96. The quantitative estimate of drug-likeness (QED) is 0.441. The van der Waals surface area contributed by atoms with E-state index in [1.807, 2.05) is 25.1 Å². The highest BCUT2D eigenvalue weighted by Gasteiger charge is 2.12. The Balaban J connectivity index is 1.92. The van der Waals surface area contributed by atoms with Crippen molar-refractivity contribution in [3.63, 3.8) is 0 Å². The first-order valence-electron chi connectivity index (χ1n) is 7.74. The van der Waals surface area contributed by atoms with E-state index >= 15 is 0 Å². The van der Waals surface area contributed by atoms with Crippen molar-refractivity contribution in [1.82, 2.24) is 14.6 Å². The number of fused-ring (bicyclic) bond motifs is 3. The maximum absolute atomic E-state index is 12.7. The molecule has 0 aliphatic carbocycles. The van der Waals surface area contributed by atoms with Crippen LogP contribution >= 0.6 is 15.9 Å². The largest absolute Gasteiger partial charge is 0.507 e. The minimum Gasteiger partial charge on any atom is -0.507 e. The highest BCUT2D eigenvalue weighted by molar-refractivity contribution is 9.10. The maximum atomic E-state index is 12.7. The highest BCUT2D eigenvalue weighted by Crippen LogP contribution is 2.22. The summed E-state index contributed by atoms with van der Waals surface area (Å²) in [7, 11) is 0. The van der Waals surface area contributed by atoms with Crippen LogP contribution in [0.25, 0.3) is 21.9 Å². The maximum Gasteiger partial charge on any atom is 0.350 e. The average molecular weight is 413 g/mol. The summed E-state index contributed by atoms with van der Waals surface area (Å²) < 4.78 is 1.46. The van der Waals surface area contributed by atoms with Crippen LogP contribution in [-0.2, 0) is 0 Å². The van der Waals surface area contributed by atoms with Crippen LogP contribution in [-0.4, -0.2) is 26.0 Å². The first kappa shape index (κ1) is 16.3. The van der Waals surface area contributed by atoms with Crippen molar-refractivity contribution >= 4 is 44.1 Å². The lowest BCUT2D eigenvalue weighted by atomic mass is 10.2. The summed E-state index contributed by atoms with van der Waals surface area (Å²) in [5.41, 5.74) is 1.64. The molecule has 2 aromatic heterocycles. The lowest BCUT2D eigenvalue weighted by Gasteiger charge is -2.00. The number of halogens is 1. The van der Waals surface area contributed by atoms with Gasteiger partial charge in [-0.25, -0.2) is 4.79 Å². The van der Waals surface area contributed by atoms with E-state index in [1.165, 1.54) is 12.3 Å². The second kappa shape index (κ2) is 5.99. The van der Waals surface area contributed by atoms with E-state index in [1.54, 1.807) is 12.1 Å². The Hall–Kier alpha value is -3.13. The summed E-state index contributed by atoms with van der Waals surface area (Å²) in [5, 5.41) is 14.6. The van der Waals surface area contributed by atoms with Gasteiger partial charge in [0, 0.05) is 20.9 Å². The second-order valence-corrected chi connectivity index (χ2v) is 6.83. The minimum absolute atomic E-state index is 0.0106. The molecular weight excluding hydrogens is 400 g/mol. The van der Waals surface area contributed by atoms with Gasteiger partial charge >= 0.3 is 11.2 Å². The van der Waals surface area contributed by atoms with E-state index in [0.29, 0.717) is 11.1 Å². The fraction of sp³-hybridized carbons (Fsp3) is 0.0556. The lowest BCUT2D eigenvalue weighted by molar-refractivity contribution is 0.474. The van der Waals surface area contributed by atoms with Crippen molar-refractivity contribution in [1.29, 1.82) is 0 Å². The predicted octanol–water partition coefficient (Wildman–Crippen LogP) is 2.83. The third kappa shape index (κ3) is 2.64. The molecule has 0 aliphatic heterocycles. The number of H-pyrrole nitrogens is 2. The molecule has 0 saturated carbocycles. The van der Waals surface area contributed by atoms with E-state index in [-0.39, 0.29) is 11.3 Å². The molecule has 7 nitrogen and oxygen atoms in total. The Morgan fingerprint density at radius 1 is 1.12 bits per heavy atom. The van der Waals surface area contributed by atoms with Crippen molar-refractivity contribution in [2.75, 3.05) is 0 Å². The van der Waals surface area contributed by atoms with Crippen LogP contribution in [0.4, 0.5) is 0 Å². The van der Waals surface area contributed by atoms with Gasteiger partial charge in [0.25, 0.3) is 0 Å². The number of aromatic nitrogens is 3. The summed E-state index contributed by atoms with van der Waals surface area (Å²) in [4.78, 5) is 30.8. The van der Waals surface area contributed by atoms with Crippen LogP contribution in [0, 0.1) is 6.92 Å². The van der Waals surface area contributed by atoms with Crippen LogP contribution in [0.1, 0.15) is 11.1 Å². The van der Waals surface area contributed by atoms with E-state index in [4.69, 9.17) is 0 Å². The van der Waals surface area contributed by atoms with Crippen LogP contribution in [0.15, 0.2) is 55.6 Å². The molecule has 0 radical (unpaired) electrons. The summed E-state index contributed by atoms with van der Waals surface area (Å²) in [6, 6.07) is 10.5. The number of rotatable bonds is 2. The normalized spacial score (nSPS) is 11.8. The number of benzene rings is 2. The van der Waals surface area contributed by atoms with Gasteiger partial charge in [-0.05, 0) is 37.3 Å². The minimum atomic E-state index is -0.657. The van der Waals surface area contributed by atoms with Crippen LogP contribution in [0.3, 0.4) is 0 Å². The van der Waals surface area contributed by atoms with Gasteiger partial charge < -0.3 is 15.1 Å². The molecule has 0 saturated heterocycles. The molecule has 0 atom stereocenters. The van der Waals surface area contributed by atoms with Crippen molar-refractivity contribution in [3.8, 4) is 5.75 Å². The van der Waals surface area contributed by atoms with Gasteiger partial charge in [-0.2, -0.15) is 5.10 Å². The zero-order chi connectivity index (χ0) is 18.4. The SMILES string of the molecule is Cc1ccc2[nH]c3c(=O)n(/N=C/c4cc(Br)ccc4O)c(=O)[nH]c3c2c1. The number of nitrogens with zero attached hydrogens (tertiary/aromatic N) is 2. The van der Waals surface area contributed by atoms with E-state index in [9.17, 15) is 14.7 Å². The monoisotopic (exact) mass is 412 g/mol. The fourth-order valence-electron chi connectivity index (χ4n) is 2.81. The number of aromatic amines is 2. The molecule has 4 aromatic rings. The Morgan fingerprint density at radius 3 is 2.73 bits per heavy atom. The van der Waals surface area contributed by atoms with Gasteiger partial charge in [0.05, 0.1) is 11.7 Å². The Labute approximate surface area is 154 Å². The molecule has 26 heavy (non-hydrogen) atoms. The molecule has 0 unspecified atom stereocenters. The van der Waals surface area contributed by atoms with Gasteiger partial charge in [-0.3, -0.25) is 4.79 Å². The smallest absolute Gasteiger partial charge is 0.350 e. The molecule has 0 bridgehead atoms. The molecule has 3 N–H and O–H groups in total. The number of phenolic OH excluding ortho intramolecular Hbond substituents is 1. The molecule has 2 aromatic carbocycles. The second-order valence-electron chi connectivity index (χ2n) is 5.92. The zero-order valence-corrected chi connectivity index (χ0v) is 15.2. The van der Waals surface area contributed by atoms with Crippen molar-refractivity contribution in [2.45, 2.75) is 6.92 Å². The van der Waals surface area contributed by atoms with Crippen LogP contribution in [0.2, 0.25) is 0 Å². The van der Waals surface area contributed by atoms with Gasteiger partial charge in [-0.15, -0.1) is 4.68 Å². The van der Waals surface area contributed by atoms with Gasteiger partial charge in [-0.1, -0.05) is 27.6 Å². The number of aromatic hydroxyl groups is 1. The van der Waals surface area contributed by atoms with E-state index in [0.717, 1.165) is 25.6 Å². The number of nitrogens with one attached hydrogen (secondary N) is 2. The standard InChI is InChI=1S/C18H13BrN4O3/c1-9-2-4-13-12(6-9)15-16(21-13)17(25)23(18(26)22-15)20-8-10-7-11(19)3-5-14(10)24/h2-8,21,24H,1H3,(H,22,26)/b20-8+. The number of hydrogen-bond donors (Lipinski definition) is 3. The molecule has 4 rings (SSSR count). The molecule has 0 fully saturated rings. The number of phenols is 1. The number of aryl methyl sites for hydroxylation is 1. The fourth-order valence-corrected chi connectivity index (χ4v) is 3.19. The van der Waals surface area contributed by atoms with Gasteiger partial charge in [0.1, 0.15) is 11.3 Å². The summed E-state index contributed by atoms with van der Waals surface area (Å²) in [6.07, 6.45) is 1.26. The Bertz CT molecular complexity index is 1310. The third-order valence-corrected chi connectivity index (χ3v) is 4.58. The first-order chi connectivity index (χ1) is 12.4. The lowest BCUT2D eigenvalue weighted by Crippen LogP contribution is -2.32. The van der Waals surface area contributed by atoms with Crippen molar-refractivity contribution < 1.29 is 5.11 Å². The summed E-state index contributed by atoms with van der Waals surface area (Å²) >= 11 is 3.30. The van der Waals surface area contributed by atoms with Crippen molar-refractivity contribution in [2.24, 2.45) is 5.10 Å². The molecule has 0 spiro atoms. The van der Waals surface area contributed by atoms with Crippen molar-refractivity contribution in [3.05, 3.63) is 72.8 Å². The zero-order valence-electron chi connectivity index (χ0n) is 13.6. The topological polar surface area (TPSA) is 103 Å². The molecule has 0 amide bonds.